The summed E-state index contributed by atoms with van der Waals surface area (Å²) in [6.45, 7) is 4.32. The van der Waals surface area contributed by atoms with Crippen LogP contribution in [0.3, 0.4) is 0 Å². The minimum atomic E-state index is -0.497. The SMILES string of the molecule is CNC(=O)NC(=O)C(C)NCCc1csc(C)n1. The number of amides is 3. The van der Waals surface area contributed by atoms with Gasteiger partial charge < -0.3 is 10.6 Å². The molecule has 0 saturated heterocycles. The van der Waals surface area contributed by atoms with Crippen molar-refractivity contribution in [2.24, 2.45) is 0 Å². The zero-order valence-corrected chi connectivity index (χ0v) is 11.6. The van der Waals surface area contributed by atoms with Crippen molar-refractivity contribution in [2.45, 2.75) is 26.3 Å². The molecule has 0 aromatic carbocycles. The minimum absolute atomic E-state index is 0.344. The van der Waals surface area contributed by atoms with Crippen LogP contribution in [0.25, 0.3) is 0 Å². The maximum Gasteiger partial charge on any atom is 0.321 e. The van der Waals surface area contributed by atoms with Crippen molar-refractivity contribution in [2.75, 3.05) is 13.6 Å². The monoisotopic (exact) mass is 270 g/mol. The van der Waals surface area contributed by atoms with Crippen molar-refractivity contribution >= 4 is 23.3 Å². The average molecular weight is 270 g/mol. The van der Waals surface area contributed by atoms with Gasteiger partial charge in [-0.05, 0) is 13.8 Å². The van der Waals surface area contributed by atoms with E-state index in [-0.39, 0.29) is 5.91 Å². The molecule has 7 heteroatoms. The molecule has 0 aliphatic carbocycles. The number of urea groups is 1. The number of hydrogen-bond donors (Lipinski definition) is 3. The summed E-state index contributed by atoms with van der Waals surface area (Å²) in [5, 5.41) is 10.6. The third-order valence-corrected chi connectivity index (χ3v) is 3.18. The summed E-state index contributed by atoms with van der Waals surface area (Å²) in [7, 11) is 1.46. The van der Waals surface area contributed by atoms with Crippen LogP contribution in [-0.4, -0.2) is 36.6 Å². The second kappa shape index (κ2) is 7.07. The maximum absolute atomic E-state index is 11.5. The zero-order chi connectivity index (χ0) is 13.5. The van der Waals surface area contributed by atoms with Crippen LogP contribution in [0, 0.1) is 6.92 Å². The highest BCUT2D eigenvalue weighted by Crippen LogP contribution is 2.07. The lowest BCUT2D eigenvalue weighted by molar-refractivity contribution is -0.121. The molecule has 3 amide bonds. The van der Waals surface area contributed by atoms with Crippen molar-refractivity contribution in [1.29, 1.82) is 0 Å². The van der Waals surface area contributed by atoms with E-state index < -0.39 is 12.1 Å². The Hall–Kier alpha value is -1.47. The molecule has 1 aromatic heterocycles. The molecule has 0 aliphatic rings. The standard InChI is InChI=1S/C11H18N4O2S/c1-7(10(16)15-11(17)12-3)13-5-4-9-6-18-8(2)14-9/h6-7,13H,4-5H2,1-3H3,(H2,12,15,16,17). The number of nitrogens with zero attached hydrogens (tertiary/aromatic N) is 1. The van der Waals surface area contributed by atoms with E-state index in [1.54, 1.807) is 18.3 Å². The van der Waals surface area contributed by atoms with Crippen LogP contribution < -0.4 is 16.0 Å². The van der Waals surface area contributed by atoms with Crippen LogP contribution in [0.2, 0.25) is 0 Å². The molecule has 1 rings (SSSR count). The molecule has 3 N–H and O–H groups in total. The smallest absolute Gasteiger partial charge is 0.321 e. The van der Waals surface area contributed by atoms with Crippen LogP contribution in [0.15, 0.2) is 5.38 Å². The quantitative estimate of drug-likeness (QED) is 0.724. The second-order valence-electron chi connectivity index (χ2n) is 3.85. The Kier molecular flexibility index (Phi) is 5.73. The Morgan fingerprint density at radius 2 is 2.22 bits per heavy atom. The van der Waals surface area contributed by atoms with Gasteiger partial charge >= 0.3 is 6.03 Å². The molecule has 0 aliphatic heterocycles. The zero-order valence-electron chi connectivity index (χ0n) is 10.7. The molecule has 18 heavy (non-hydrogen) atoms. The number of carbonyl (C=O) groups excluding carboxylic acids is 2. The largest absolute Gasteiger partial charge is 0.341 e. The summed E-state index contributed by atoms with van der Waals surface area (Å²) >= 11 is 1.61. The van der Waals surface area contributed by atoms with Crippen molar-refractivity contribution in [3.63, 3.8) is 0 Å². The van der Waals surface area contributed by atoms with E-state index in [2.05, 4.69) is 20.9 Å². The first-order chi connectivity index (χ1) is 8.52. The van der Waals surface area contributed by atoms with Crippen LogP contribution in [0.5, 0.6) is 0 Å². The fourth-order valence-electron chi connectivity index (χ4n) is 1.32. The van der Waals surface area contributed by atoms with Gasteiger partial charge in [0.25, 0.3) is 0 Å². The molecule has 0 spiro atoms. The summed E-state index contributed by atoms with van der Waals surface area (Å²) in [6, 6.07) is -0.911. The number of carbonyl (C=O) groups is 2. The highest BCUT2D eigenvalue weighted by molar-refractivity contribution is 7.09. The van der Waals surface area contributed by atoms with E-state index in [4.69, 9.17) is 0 Å². The number of hydrogen-bond acceptors (Lipinski definition) is 5. The van der Waals surface area contributed by atoms with E-state index in [0.717, 1.165) is 17.1 Å². The van der Waals surface area contributed by atoms with Gasteiger partial charge in [-0.1, -0.05) is 0 Å². The molecule has 0 saturated carbocycles. The Balaban J connectivity index is 2.26. The van der Waals surface area contributed by atoms with Gasteiger partial charge in [-0.3, -0.25) is 10.1 Å². The Labute approximate surface area is 110 Å². The normalized spacial score (nSPS) is 11.9. The lowest BCUT2D eigenvalue weighted by Gasteiger charge is -2.12. The Morgan fingerprint density at radius 3 is 2.78 bits per heavy atom. The van der Waals surface area contributed by atoms with Gasteiger partial charge in [0.15, 0.2) is 0 Å². The van der Waals surface area contributed by atoms with Crippen molar-refractivity contribution in [1.82, 2.24) is 20.9 Å². The van der Waals surface area contributed by atoms with Gasteiger partial charge in [0.2, 0.25) is 5.91 Å². The first-order valence-corrected chi connectivity index (χ1v) is 6.58. The third kappa shape index (κ3) is 4.80. The van der Waals surface area contributed by atoms with Crippen LogP contribution >= 0.6 is 11.3 Å². The summed E-state index contributed by atoms with van der Waals surface area (Å²) in [4.78, 5) is 26.8. The second-order valence-corrected chi connectivity index (χ2v) is 4.91. The van der Waals surface area contributed by atoms with Gasteiger partial charge in [0, 0.05) is 25.4 Å². The van der Waals surface area contributed by atoms with Crippen LogP contribution in [0.1, 0.15) is 17.6 Å². The molecule has 6 nitrogen and oxygen atoms in total. The Morgan fingerprint density at radius 1 is 1.50 bits per heavy atom. The van der Waals surface area contributed by atoms with Crippen molar-refractivity contribution in [3.05, 3.63) is 16.1 Å². The molecule has 0 radical (unpaired) electrons. The van der Waals surface area contributed by atoms with Gasteiger partial charge in [0.1, 0.15) is 0 Å². The molecule has 0 fully saturated rings. The van der Waals surface area contributed by atoms with Gasteiger partial charge in [-0.25, -0.2) is 9.78 Å². The maximum atomic E-state index is 11.5. The first kappa shape index (κ1) is 14.6. The fourth-order valence-corrected chi connectivity index (χ4v) is 1.96. The van der Waals surface area contributed by atoms with E-state index in [1.807, 2.05) is 12.3 Å². The molecule has 100 valence electrons. The summed E-state index contributed by atoms with van der Waals surface area (Å²) in [6.07, 6.45) is 0.766. The highest BCUT2D eigenvalue weighted by Gasteiger charge is 2.14. The fraction of sp³-hybridized carbons (Fsp3) is 0.545. The number of rotatable bonds is 5. The topological polar surface area (TPSA) is 83.1 Å². The molecular formula is C11H18N4O2S. The molecule has 1 atom stereocenters. The predicted octanol–water partition coefficient (Wildman–Crippen LogP) is 0.428. The lowest BCUT2D eigenvalue weighted by atomic mass is 10.3. The molecule has 1 heterocycles. The van der Waals surface area contributed by atoms with Gasteiger partial charge in [-0.15, -0.1) is 11.3 Å². The number of aromatic nitrogens is 1. The van der Waals surface area contributed by atoms with E-state index in [1.165, 1.54) is 7.05 Å². The van der Waals surface area contributed by atoms with Crippen LogP contribution in [0.4, 0.5) is 4.79 Å². The van der Waals surface area contributed by atoms with Crippen molar-refractivity contribution < 1.29 is 9.59 Å². The van der Waals surface area contributed by atoms with Crippen molar-refractivity contribution in [3.8, 4) is 0 Å². The number of thiazole rings is 1. The van der Waals surface area contributed by atoms with Gasteiger partial charge in [0.05, 0.1) is 16.7 Å². The summed E-state index contributed by atoms with van der Waals surface area (Å²) < 4.78 is 0. The number of nitrogens with one attached hydrogen (secondary N) is 3. The van der Waals surface area contributed by atoms with Gasteiger partial charge in [-0.2, -0.15) is 0 Å². The Bertz CT molecular complexity index is 419. The molecule has 0 bridgehead atoms. The van der Waals surface area contributed by atoms with E-state index in [9.17, 15) is 9.59 Å². The molecule has 1 unspecified atom stereocenters. The molecular weight excluding hydrogens is 252 g/mol. The highest BCUT2D eigenvalue weighted by atomic mass is 32.1. The lowest BCUT2D eigenvalue weighted by Crippen LogP contribution is -2.47. The predicted molar refractivity (Wildman–Crippen MR) is 70.6 cm³/mol. The van der Waals surface area contributed by atoms with E-state index in [0.29, 0.717) is 6.54 Å². The summed E-state index contributed by atoms with van der Waals surface area (Å²) in [5.41, 5.74) is 1.02. The average Bonchev–Trinajstić information content (AvgIpc) is 2.74. The number of aryl methyl sites for hydroxylation is 1. The van der Waals surface area contributed by atoms with E-state index >= 15 is 0 Å². The minimum Gasteiger partial charge on any atom is -0.341 e. The first-order valence-electron chi connectivity index (χ1n) is 5.70. The number of imide groups is 1. The molecule has 1 aromatic rings. The third-order valence-electron chi connectivity index (χ3n) is 2.36. The van der Waals surface area contributed by atoms with Crippen LogP contribution in [-0.2, 0) is 11.2 Å². The summed E-state index contributed by atoms with van der Waals surface area (Å²) in [5.74, 6) is -0.344.